The van der Waals surface area contributed by atoms with Crippen molar-refractivity contribution in [1.82, 2.24) is 5.32 Å². The van der Waals surface area contributed by atoms with E-state index in [-0.39, 0.29) is 6.42 Å². The number of halogens is 2. The van der Waals surface area contributed by atoms with Crippen molar-refractivity contribution in [3.8, 4) is 0 Å². The minimum atomic E-state index is -0.991. The molecule has 0 aliphatic carbocycles. The molecule has 0 radical (unpaired) electrons. The van der Waals surface area contributed by atoms with Crippen LogP contribution in [-0.4, -0.2) is 22.6 Å². The number of rotatable bonds is 4. The Bertz CT molecular complexity index is 504. The molecular formula is C12H14Cl2N2O3. The van der Waals surface area contributed by atoms with Crippen LogP contribution in [0.4, 0.5) is 10.5 Å². The second-order valence-corrected chi connectivity index (χ2v) is 5.50. The molecule has 2 amide bonds. The lowest BCUT2D eigenvalue weighted by molar-refractivity contribution is -0.138. The number of carboxylic acid groups (broad SMARTS) is 1. The van der Waals surface area contributed by atoms with Gasteiger partial charge in [-0.3, -0.25) is 4.79 Å². The first-order chi connectivity index (χ1) is 8.69. The molecule has 0 bridgehead atoms. The summed E-state index contributed by atoms with van der Waals surface area (Å²) in [5.41, 5.74) is -0.468. The van der Waals surface area contributed by atoms with Gasteiger partial charge in [0.1, 0.15) is 0 Å². The van der Waals surface area contributed by atoms with Gasteiger partial charge in [0.05, 0.1) is 17.1 Å². The number of hydrogen-bond acceptors (Lipinski definition) is 2. The van der Waals surface area contributed by atoms with Gasteiger partial charge >= 0.3 is 12.0 Å². The highest BCUT2D eigenvalue weighted by molar-refractivity contribution is 6.36. The third-order valence-electron chi connectivity index (χ3n) is 2.22. The minimum Gasteiger partial charge on any atom is -0.481 e. The quantitative estimate of drug-likeness (QED) is 0.798. The summed E-state index contributed by atoms with van der Waals surface area (Å²) in [7, 11) is 0. The fraction of sp³-hybridized carbons (Fsp3) is 0.333. The van der Waals surface area contributed by atoms with Crippen LogP contribution in [0.5, 0.6) is 0 Å². The molecule has 1 rings (SSSR count). The first-order valence-electron chi connectivity index (χ1n) is 5.45. The summed E-state index contributed by atoms with van der Waals surface area (Å²) in [5.74, 6) is -0.991. The van der Waals surface area contributed by atoms with E-state index in [1.165, 1.54) is 6.07 Å². The Morgan fingerprint density at radius 3 is 2.47 bits per heavy atom. The summed E-state index contributed by atoms with van der Waals surface area (Å²) in [5, 5.41) is 14.6. The van der Waals surface area contributed by atoms with Crippen molar-refractivity contribution < 1.29 is 14.7 Å². The van der Waals surface area contributed by atoms with Gasteiger partial charge < -0.3 is 15.7 Å². The molecule has 0 aliphatic rings. The molecule has 0 saturated carbocycles. The molecule has 0 atom stereocenters. The summed E-state index contributed by atoms with van der Waals surface area (Å²) in [4.78, 5) is 22.4. The number of carboxylic acids is 1. The van der Waals surface area contributed by atoms with Gasteiger partial charge in [-0.05, 0) is 32.0 Å². The van der Waals surface area contributed by atoms with E-state index in [1.54, 1.807) is 26.0 Å². The molecule has 0 fully saturated rings. The largest absolute Gasteiger partial charge is 0.481 e. The van der Waals surface area contributed by atoms with Gasteiger partial charge in [0.15, 0.2) is 0 Å². The highest BCUT2D eigenvalue weighted by Gasteiger charge is 2.24. The summed E-state index contributed by atoms with van der Waals surface area (Å²) < 4.78 is 0. The van der Waals surface area contributed by atoms with Crippen LogP contribution >= 0.6 is 23.2 Å². The van der Waals surface area contributed by atoms with Gasteiger partial charge in [0.25, 0.3) is 0 Å². The molecule has 1 aromatic carbocycles. The monoisotopic (exact) mass is 304 g/mol. The van der Waals surface area contributed by atoms with Crippen LogP contribution in [0.2, 0.25) is 10.0 Å². The summed E-state index contributed by atoms with van der Waals surface area (Å²) in [6.07, 6.45) is -0.186. The molecule has 5 nitrogen and oxygen atoms in total. The predicted octanol–water partition coefficient (Wildman–Crippen LogP) is 3.37. The molecule has 19 heavy (non-hydrogen) atoms. The van der Waals surface area contributed by atoms with Crippen LogP contribution in [0.3, 0.4) is 0 Å². The molecule has 104 valence electrons. The molecule has 0 aliphatic heterocycles. The van der Waals surface area contributed by atoms with Crippen molar-refractivity contribution >= 4 is 40.9 Å². The smallest absolute Gasteiger partial charge is 0.319 e. The molecule has 1 aromatic rings. The van der Waals surface area contributed by atoms with Crippen molar-refractivity contribution in [2.45, 2.75) is 25.8 Å². The maximum absolute atomic E-state index is 11.7. The van der Waals surface area contributed by atoms with Crippen LogP contribution < -0.4 is 10.6 Å². The SMILES string of the molecule is CC(C)(CC(=O)O)NC(=O)Nc1ccc(Cl)cc1Cl. The molecule has 7 heteroatoms. The van der Waals surface area contributed by atoms with Crippen LogP contribution in [0.25, 0.3) is 0 Å². The van der Waals surface area contributed by atoms with Crippen LogP contribution in [0, 0.1) is 0 Å². The van der Waals surface area contributed by atoms with E-state index < -0.39 is 17.5 Å². The van der Waals surface area contributed by atoms with Crippen LogP contribution in [0.1, 0.15) is 20.3 Å². The Kier molecular flexibility index (Phi) is 5.03. The molecule has 0 heterocycles. The number of nitrogens with one attached hydrogen (secondary N) is 2. The number of urea groups is 1. The number of benzene rings is 1. The Morgan fingerprint density at radius 1 is 1.32 bits per heavy atom. The minimum absolute atomic E-state index is 0.186. The topological polar surface area (TPSA) is 78.4 Å². The van der Waals surface area contributed by atoms with Crippen molar-refractivity contribution in [2.75, 3.05) is 5.32 Å². The zero-order chi connectivity index (χ0) is 14.6. The summed E-state index contributed by atoms with van der Waals surface area (Å²) in [6.45, 7) is 3.23. The lowest BCUT2D eigenvalue weighted by atomic mass is 10.0. The standard InChI is InChI=1S/C12H14Cl2N2O3/c1-12(2,6-10(17)18)16-11(19)15-9-4-3-7(13)5-8(9)14/h3-5H,6H2,1-2H3,(H,17,18)(H2,15,16,19). The number of amides is 2. The number of anilines is 1. The Morgan fingerprint density at radius 2 is 1.95 bits per heavy atom. The number of carbonyl (C=O) groups excluding carboxylic acids is 1. The lowest BCUT2D eigenvalue weighted by Crippen LogP contribution is -2.46. The zero-order valence-electron chi connectivity index (χ0n) is 10.5. The van der Waals surface area contributed by atoms with Crippen molar-refractivity contribution in [1.29, 1.82) is 0 Å². The van der Waals surface area contributed by atoms with Gasteiger partial charge in [-0.2, -0.15) is 0 Å². The highest BCUT2D eigenvalue weighted by atomic mass is 35.5. The summed E-state index contributed by atoms with van der Waals surface area (Å²) in [6, 6.07) is 4.12. The molecule has 3 N–H and O–H groups in total. The molecule has 0 aromatic heterocycles. The average Bonchev–Trinajstić information content (AvgIpc) is 2.19. The Labute approximate surface area is 120 Å². The average molecular weight is 305 g/mol. The van der Waals surface area contributed by atoms with Gasteiger partial charge in [-0.1, -0.05) is 23.2 Å². The van der Waals surface area contributed by atoms with Gasteiger partial charge in [-0.15, -0.1) is 0 Å². The number of aliphatic carboxylic acids is 1. The van der Waals surface area contributed by atoms with E-state index in [0.29, 0.717) is 15.7 Å². The van der Waals surface area contributed by atoms with E-state index in [9.17, 15) is 9.59 Å². The fourth-order valence-corrected chi connectivity index (χ4v) is 1.93. The first kappa shape index (κ1) is 15.6. The highest BCUT2D eigenvalue weighted by Crippen LogP contribution is 2.25. The Balaban J connectivity index is 2.67. The van der Waals surface area contributed by atoms with E-state index in [4.69, 9.17) is 28.3 Å². The third kappa shape index (κ3) is 5.36. The lowest BCUT2D eigenvalue weighted by Gasteiger charge is -2.24. The second kappa shape index (κ2) is 6.12. The van der Waals surface area contributed by atoms with E-state index in [1.807, 2.05) is 0 Å². The summed E-state index contributed by atoms with van der Waals surface area (Å²) >= 11 is 11.6. The van der Waals surface area contributed by atoms with Crippen LogP contribution in [0.15, 0.2) is 18.2 Å². The predicted molar refractivity (Wildman–Crippen MR) is 74.9 cm³/mol. The van der Waals surface area contributed by atoms with E-state index in [2.05, 4.69) is 10.6 Å². The molecule has 0 unspecified atom stereocenters. The Hall–Kier alpha value is -1.46. The zero-order valence-corrected chi connectivity index (χ0v) is 12.0. The normalized spacial score (nSPS) is 10.9. The maximum atomic E-state index is 11.7. The second-order valence-electron chi connectivity index (χ2n) is 4.66. The van der Waals surface area contributed by atoms with Crippen molar-refractivity contribution in [3.05, 3.63) is 28.2 Å². The van der Waals surface area contributed by atoms with Crippen molar-refractivity contribution in [2.24, 2.45) is 0 Å². The van der Waals surface area contributed by atoms with Gasteiger partial charge in [0.2, 0.25) is 0 Å². The first-order valence-corrected chi connectivity index (χ1v) is 6.21. The molecule has 0 spiro atoms. The van der Waals surface area contributed by atoms with Crippen LogP contribution in [-0.2, 0) is 4.79 Å². The number of hydrogen-bond donors (Lipinski definition) is 3. The number of carbonyl (C=O) groups is 2. The molecule has 0 saturated heterocycles. The van der Waals surface area contributed by atoms with Crippen molar-refractivity contribution in [3.63, 3.8) is 0 Å². The molecular weight excluding hydrogens is 291 g/mol. The maximum Gasteiger partial charge on any atom is 0.319 e. The van der Waals surface area contributed by atoms with E-state index in [0.717, 1.165) is 0 Å². The van der Waals surface area contributed by atoms with Gasteiger partial charge in [-0.25, -0.2) is 4.79 Å². The fourth-order valence-electron chi connectivity index (χ4n) is 1.47. The van der Waals surface area contributed by atoms with Gasteiger partial charge in [0, 0.05) is 10.6 Å². The third-order valence-corrected chi connectivity index (χ3v) is 2.77. The van der Waals surface area contributed by atoms with E-state index >= 15 is 0 Å².